The van der Waals surface area contributed by atoms with E-state index in [2.05, 4.69) is 40.7 Å². The van der Waals surface area contributed by atoms with Crippen molar-refractivity contribution in [3.05, 3.63) is 94.5 Å². The zero-order valence-corrected chi connectivity index (χ0v) is 20.8. The smallest absolute Gasteiger partial charge is 0.343 e. The molecule has 3 aromatic carbocycles. The zero-order chi connectivity index (χ0) is 24.7. The van der Waals surface area contributed by atoms with Crippen molar-refractivity contribution in [3.8, 4) is 11.5 Å². The fraction of sp³-hybridized carbons (Fsp3) is 0.333. The third kappa shape index (κ3) is 5.93. The van der Waals surface area contributed by atoms with E-state index >= 15 is 0 Å². The Kier molecular flexibility index (Phi) is 8.27. The molecule has 0 aromatic heterocycles. The van der Waals surface area contributed by atoms with Crippen LogP contribution in [0.4, 0.5) is 0 Å². The number of hydrogen-bond donors (Lipinski definition) is 0. The van der Waals surface area contributed by atoms with Crippen molar-refractivity contribution < 1.29 is 19.1 Å². The molecule has 4 nitrogen and oxygen atoms in total. The highest BCUT2D eigenvalue weighted by Crippen LogP contribution is 2.43. The Labute approximate surface area is 202 Å². The van der Waals surface area contributed by atoms with Crippen LogP contribution in [0.25, 0.3) is 0 Å². The van der Waals surface area contributed by atoms with Crippen LogP contribution in [-0.2, 0) is 18.3 Å². The third-order valence-electron chi connectivity index (χ3n) is 5.65. The van der Waals surface area contributed by atoms with Gasteiger partial charge in [0.05, 0.1) is 11.1 Å². The summed E-state index contributed by atoms with van der Waals surface area (Å²) in [7, 11) is 0. The van der Waals surface area contributed by atoms with Crippen molar-refractivity contribution in [2.75, 3.05) is 0 Å². The van der Waals surface area contributed by atoms with Crippen molar-refractivity contribution in [3.63, 3.8) is 0 Å². The molecule has 4 heteroatoms. The normalized spacial score (nSPS) is 11.2. The Morgan fingerprint density at radius 3 is 1.62 bits per heavy atom. The van der Waals surface area contributed by atoms with Gasteiger partial charge in [-0.2, -0.15) is 0 Å². The monoisotopic (exact) mass is 458 g/mol. The van der Waals surface area contributed by atoms with Gasteiger partial charge in [-0.1, -0.05) is 89.9 Å². The molecule has 0 saturated heterocycles. The molecule has 0 atom stereocenters. The molecule has 34 heavy (non-hydrogen) atoms. The van der Waals surface area contributed by atoms with E-state index in [4.69, 9.17) is 9.47 Å². The Balaban J connectivity index is 2.21. The maximum atomic E-state index is 13.1. The molecule has 0 aliphatic rings. The molecule has 0 aliphatic carbocycles. The summed E-state index contributed by atoms with van der Waals surface area (Å²) in [4.78, 5) is 26.2. The van der Waals surface area contributed by atoms with Crippen LogP contribution in [0, 0.1) is 0 Å². The SMILES string of the molecule is CCCc1cc(C(C)(C)C)c(CCC)c(OC(=O)c2ccccc2)c1OC(=O)c1ccccc1. The lowest BCUT2D eigenvalue weighted by Crippen LogP contribution is -2.20. The van der Waals surface area contributed by atoms with E-state index in [1.54, 1.807) is 48.5 Å². The first-order valence-electron chi connectivity index (χ1n) is 12.0. The number of esters is 2. The summed E-state index contributed by atoms with van der Waals surface area (Å²) >= 11 is 0. The van der Waals surface area contributed by atoms with Crippen molar-refractivity contribution in [1.29, 1.82) is 0 Å². The molecule has 178 valence electrons. The van der Waals surface area contributed by atoms with Crippen LogP contribution in [0.15, 0.2) is 66.7 Å². The summed E-state index contributed by atoms with van der Waals surface area (Å²) < 4.78 is 12.0. The van der Waals surface area contributed by atoms with Crippen LogP contribution in [0.2, 0.25) is 0 Å². The Morgan fingerprint density at radius 1 is 0.706 bits per heavy atom. The summed E-state index contributed by atoms with van der Waals surface area (Å²) in [5.74, 6) is -0.239. The number of ether oxygens (including phenoxy) is 2. The second-order valence-electron chi connectivity index (χ2n) is 9.48. The van der Waals surface area contributed by atoms with E-state index in [9.17, 15) is 9.59 Å². The van der Waals surface area contributed by atoms with Gasteiger partial charge in [0, 0.05) is 5.56 Å². The zero-order valence-electron chi connectivity index (χ0n) is 20.8. The average molecular weight is 459 g/mol. The predicted molar refractivity (Wildman–Crippen MR) is 136 cm³/mol. The van der Waals surface area contributed by atoms with Crippen LogP contribution in [-0.4, -0.2) is 11.9 Å². The minimum absolute atomic E-state index is 0.178. The Hall–Kier alpha value is -3.40. The summed E-state index contributed by atoms with van der Waals surface area (Å²) in [6.45, 7) is 10.6. The number of hydrogen-bond acceptors (Lipinski definition) is 4. The van der Waals surface area contributed by atoms with E-state index in [-0.39, 0.29) is 5.41 Å². The summed E-state index contributed by atoms with van der Waals surface area (Å²) in [5, 5.41) is 0. The molecule has 0 heterocycles. The van der Waals surface area contributed by atoms with Crippen molar-refractivity contribution in [1.82, 2.24) is 0 Å². The van der Waals surface area contributed by atoms with E-state index < -0.39 is 11.9 Å². The van der Waals surface area contributed by atoms with E-state index in [1.165, 1.54) is 0 Å². The first-order valence-corrected chi connectivity index (χ1v) is 12.0. The van der Waals surface area contributed by atoms with Crippen LogP contribution in [0.5, 0.6) is 11.5 Å². The van der Waals surface area contributed by atoms with Gasteiger partial charge in [0.25, 0.3) is 0 Å². The van der Waals surface area contributed by atoms with Gasteiger partial charge in [0.2, 0.25) is 0 Å². The van der Waals surface area contributed by atoms with Gasteiger partial charge in [0.1, 0.15) is 0 Å². The number of carbonyl (C=O) groups is 2. The topological polar surface area (TPSA) is 52.6 Å². The molecule has 0 aliphatic heterocycles. The van der Waals surface area contributed by atoms with Gasteiger partial charge >= 0.3 is 11.9 Å². The van der Waals surface area contributed by atoms with E-state index in [0.29, 0.717) is 35.5 Å². The number of rotatable bonds is 8. The first kappa shape index (κ1) is 25.2. The first-order chi connectivity index (χ1) is 16.3. The number of carbonyl (C=O) groups excluding carboxylic acids is 2. The second-order valence-corrected chi connectivity index (χ2v) is 9.48. The van der Waals surface area contributed by atoms with Gasteiger partial charge in [0.15, 0.2) is 11.5 Å². The fourth-order valence-corrected chi connectivity index (χ4v) is 4.03. The van der Waals surface area contributed by atoms with Gasteiger partial charge in [-0.15, -0.1) is 0 Å². The van der Waals surface area contributed by atoms with Crippen molar-refractivity contribution in [2.45, 2.75) is 65.7 Å². The minimum Gasteiger partial charge on any atom is -0.419 e. The molecular formula is C30H34O4. The maximum Gasteiger partial charge on any atom is 0.343 e. The molecule has 0 N–H and O–H groups in total. The Morgan fingerprint density at radius 2 is 1.18 bits per heavy atom. The van der Waals surface area contributed by atoms with Crippen LogP contribution >= 0.6 is 0 Å². The van der Waals surface area contributed by atoms with Crippen LogP contribution in [0.3, 0.4) is 0 Å². The summed E-state index contributed by atoms with van der Waals surface area (Å²) in [6, 6.07) is 19.9. The maximum absolute atomic E-state index is 13.1. The molecule has 3 rings (SSSR count). The fourth-order valence-electron chi connectivity index (χ4n) is 4.03. The van der Waals surface area contributed by atoms with Gasteiger partial charge in [-0.25, -0.2) is 9.59 Å². The lowest BCUT2D eigenvalue weighted by Gasteiger charge is -2.28. The standard InChI is InChI=1S/C30H34O4/c1-6-14-23-20-25(30(3,4)5)24(15-7-2)27(34-29(32)22-18-12-9-13-19-22)26(23)33-28(31)21-16-10-8-11-17-21/h8-13,16-20H,6-7,14-15H2,1-5H3. The average Bonchev–Trinajstić information content (AvgIpc) is 2.82. The summed E-state index contributed by atoms with van der Waals surface area (Å²) in [6.07, 6.45) is 3.12. The number of benzene rings is 3. The molecule has 3 aromatic rings. The summed E-state index contributed by atoms with van der Waals surface area (Å²) in [5.41, 5.74) is 3.60. The molecule has 0 bridgehead atoms. The third-order valence-corrected chi connectivity index (χ3v) is 5.65. The van der Waals surface area contributed by atoms with Gasteiger partial charge < -0.3 is 9.47 Å². The highest BCUT2D eigenvalue weighted by Gasteiger charge is 2.29. The van der Waals surface area contributed by atoms with Crippen molar-refractivity contribution in [2.24, 2.45) is 0 Å². The molecule has 0 spiro atoms. The van der Waals surface area contributed by atoms with Crippen LogP contribution < -0.4 is 9.47 Å². The quantitative estimate of drug-likeness (QED) is 0.262. The highest BCUT2D eigenvalue weighted by molar-refractivity contribution is 5.93. The van der Waals surface area contributed by atoms with Gasteiger partial charge in [-0.05, 0) is 53.6 Å². The highest BCUT2D eigenvalue weighted by atomic mass is 16.6. The van der Waals surface area contributed by atoms with E-state index in [0.717, 1.165) is 29.5 Å². The largest absolute Gasteiger partial charge is 0.419 e. The van der Waals surface area contributed by atoms with Gasteiger partial charge in [-0.3, -0.25) is 0 Å². The molecule has 0 saturated carbocycles. The lowest BCUT2D eigenvalue weighted by molar-refractivity contribution is 0.0679. The molecule has 0 amide bonds. The Bertz CT molecular complexity index is 1130. The molecule has 0 radical (unpaired) electrons. The molecule has 0 unspecified atom stereocenters. The predicted octanol–water partition coefficient (Wildman–Crippen LogP) is 7.33. The molecule has 0 fully saturated rings. The second kappa shape index (κ2) is 11.1. The molecular weight excluding hydrogens is 424 g/mol. The minimum atomic E-state index is -0.471. The van der Waals surface area contributed by atoms with Crippen LogP contribution in [0.1, 0.15) is 84.9 Å². The van der Waals surface area contributed by atoms with E-state index in [1.807, 2.05) is 12.1 Å². The lowest BCUT2D eigenvalue weighted by atomic mass is 9.80. The van der Waals surface area contributed by atoms with Crippen molar-refractivity contribution >= 4 is 11.9 Å². The number of aryl methyl sites for hydroxylation is 1.